The number of hydrogen-bond donors (Lipinski definition) is 0. The Morgan fingerprint density at radius 1 is 1.50 bits per heavy atom. The van der Waals surface area contributed by atoms with Crippen LogP contribution in [0.3, 0.4) is 0 Å². The maximum absolute atomic E-state index is 4.98. The minimum atomic E-state index is 0.816. The number of nitrogens with zero attached hydrogens (tertiary/aromatic N) is 2. The number of aryl methyl sites for hydroxylation is 2. The second-order valence-electron chi connectivity index (χ2n) is 2.96. The molecule has 12 heavy (non-hydrogen) atoms. The van der Waals surface area contributed by atoms with Crippen LogP contribution in [0.5, 0.6) is 0 Å². The van der Waals surface area contributed by atoms with Crippen molar-refractivity contribution >= 4 is 0 Å². The first-order valence-electron chi connectivity index (χ1n) is 4.23. The summed E-state index contributed by atoms with van der Waals surface area (Å²) in [5.41, 5.74) is 2.37. The van der Waals surface area contributed by atoms with Gasteiger partial charge in [0.15, 0.2) is 0 Å². The van der Waals surface area contributed by atoms with Gasteiger partial charge >= 0.3 is 0 Å². The summed E-state index contributed by atoms with van der Waals surface area (Å²) < 4.78 is 7.14. The second-order valence-corrected chi connectivity index (χ2v) is 2.96. The monoisotopic (exact) mass is 168 g/mol. The van der Waals surface area contributed by atoms with Gasteiger partial charge in [-0.25, -0.2) is 4.98 Å². The zero-order valence-electron chi connectivity index (χ0n) is 8.00. The largest absolute Gasteiger partial charge is 0.385 e. The molecule has 0 atom stereocenters. The Bertz CT molecular complexity index is 243. The highest BCUT2D eigenvalue weighted by molar-refractivity contribution is 5.08. The van der Waals surface area contributed by atoms with E-state index in [0.29, 0.717) is 0 Å². The Kier molecular flexibility index (Phi) is 3.29. The van der Waals surface area contributed by atoms with Gasteiger partial charge in [-0.05, 0) is 20.3 Å². The minimum absolute atomic E-state index is 0.816. The molecule has 0 spiro atoms. The maximum Gasteiger partial charge on any atom is 0.0951 e. The van der Waals surface area contributed by atoms with Crippen molar-refractivity contribution in [3.05, 3.63) is 17.7 Å². The van der Waals surface area contributed by atoms with Crippen LogP contribution in [-0.4, -0.2) is 23.3 Å². The SMILES string of the molecule is COCCCn1cnc(C)c1C. The fraction of sp³-hybridized carbons (Fsp3) is 0.667. The predicted molar refractivity (Wildman–Crippen MR) is 48.2 cm³/mol. The summed E-state index contributed by atoms with van der Waals surface area (Å²) in [6.07, 6.45) is 2.94. The third kappa shape index (κ3) is 2.08. The van der Waals surface area contributed by atoms with Gasteiger partial charge < -0.3 is 9.30 Å². The van der Waals surface area contributed by atoms with Gasteiger partial charge in [-0.15, -0.1) is 0 Å². The van der Waals surface area contributed by atoms with E-state index in [1.165, 1.54) is 5.69 Å². The van der Waals surface area contributed by atoms with E-state index in [4.69, 9.17) is 4.74 Å². The third-order valence-electron chi connectivity index (χ3n) is 2.09. The molecule has 1 aromatic heterocycles. The second kappa shape index (κ2) is 4.26. The van der Waals surface area contributed by atoms with Crippen LogP contribution in [-0.2, 0) is 11.3 Å². The highest BCUT2D eigenvalue weighted by Crippen LogP contribution is 2.04. The molecule has 1 rings (SSSR count). The van der Waals surface area contributed by atoms with E-state index < -0.39 is 0 Å². The molecule has 0 saturated carbocycles. The van der Waals surface area contributed by atoms with Gasteiger partial charge in [-0.2, -0.15) is 0 Å². The molecule has 0 aliphatic carbocycles. The first-order valence-corrected chi connectivity index (χ1v) is 4.23. The van der Waals surface area contributed by atoms with Crippen molar-refractivity contribution in [3.63, 3.8) is 0 Å². The Morgan fingerprint density at radius 3 is 2.75 bits per heavy atom. The molecule has 0 aromatic carbocycles. The molecular weight excluding hydrogens is 152 g/mol. The Morgan fingerprint density at radius 2 is 2.25 bits per heavy atom. The molecule has 0 bridgehead atoms. The van der Waals surface area contributed by atoms with Gasteiger partial charge in [0, 0.05) is 26.0 Å². The third-order valence-corrected chi connectivity index (χ3v) is 2.09. The summed E-state index contributed by atoms with van der Waals surface area (Å²) in [7, 11) is 1.73. The van der Waals surface area contributed by atoms with E-state index in [1.807, 2.05) is 13.3 Å². The number of ether oxygens (including phenoxy) is 1. The van der Waals surface area contributed by atoms with Crippen molar-refractivity contribution in [3.8, 4) is 0 Å². The van der Waals surface area contributed by atoms with E-state index in [0.717, 1.165) is 25.3 Å². The van der Waals surface area contributed by atoms with Crippen LogP contribution in [0, 0.1) is 13.8 Å². The lowest BCUT2D eigenvalue weighted by molar-refractivity contribution is 0.190. The molecule has 1 aromatic rings. The molecule has 0 amide bonds. The quantitative estimate of drug-likeness (QED) is 0.637. The van der Waals surface area contributed by atoms with Gasteiger partial charge in [0.1, 0.15) is 0 Å². The first-order chi connectivity index (χ1) is 5.75. The molecule has 1 heterocycles. The van der Waals surface area contributed by atoms with Crippen LogP contribution >= 0.6 is 0 Å². The highest BCUT2D eigenvalue weighted by Gasteiger charge is 2.00. The van der Waals surface area contributed by atoms with Gasteiger partial charge in [0.2, 0.25) is 0 Å². The van der Waals surface area contributed by atoms with Crippen LogP contribution in [0.1, 0.15) is 17.8 Å². The summed E-state index contributed by atoms with van der Waals surface area (Å²) in [6.45, 7) is 5.94. The van der Waals surface area contributed by atoms with Crippen LogP contribution < -0.4 is 0 Å². The molecule has 0 fully saturated rings. The van der Waals surface area contributed by atoms with Crippen LogP contribution in [0.4, 0.5) is 0 Å². The lowest BCUT2D eigenvalue weighted by atomic mass is 10.3. The molecule has 0 saturated heterocycles. The number of hydrogen-bond acceptors (Lipinski definition) is 2. The van der Waals surface area contributed by atoms with Crippen molar-refractivity contribution < 1.29 is 4.74 Å². The number of methoxy groups -OCH3 is 1. The average molecular weight is 168 g/mol. The standard InChI is InChI=1S/C9H16N2O/c1-8-9(2)11(7-10-8)5-4-6-12-3/h7H,4-6H2,1-3H3. The van der Waals surface area contributed by atoms with Crippen LogP contribution in [0.25, 0.3) is 0 Å². The fourth-order valence-corrected chi connectivity index (χ4v) is 1.15. The fourth-order valence-electron chi connectivity index (χ4n) is 1.15. The first kappa shape index (κ1) is 9.26. The molecule has 0 aliphatic heterocycles. The summed E-state index contributed by atoms with van der Waals surface area (Å²) >= 11 is 0. The van der Waals surface area contributed by atoms with Crippen molar-refractivity contribution in [1.29, 1.82) is 0 Å². The van der Waals surface area contributed by atoms with Crippen molar-refractivity contribution in [1.82, 2.24) is 9.55 Å². The molecule has 0 aliphatic rings. The normalized spacial score (nSPS) is 10.6. The van der Waals surface area contributed by atoms with E-state index in [9.17, 15) is 0 Å². The summed E-state index contributed by atoms with van der Waals surface area (Å²) in [5.74, 6) is 0. The van der Waals surface area contributed by atoms with E-state index in [-0.39, 0.29) is 0 Å². The van der Waals surface area contributed by atoms with Crippen LogP contribution in [0.2, 0.25) is 0 Å². The van der Waals surface area contributed by atoms with Gasteiger partial charge in [-0.3, -0.25) is 0 Å². The van der Waals surface area contributed by atoms with Gasteiger partial charge in [0.25, 0.3) is 0 Å². The Hall–Kier alpha value is -0.830. The van der Waals surface area contributed by atoms with E-state index in [1.54, 1.807) is 7.11 Å². The zero-order chi connectivity index (χ0) is 8.97. The highest BCUT2D eigenvalue weighted by atomic mass is 16.5. The minimum Gasteiger partial charge on any atom is -0.385 e. The van der Waals surface area contributed by atoms with Crippen molar-refractivity contribution in [2.45, 2.75) is 26.8 Å². The Balaban J connectivity index is 2.46. The number of rotatable bonds is 4. The topological polar surface area (TPSA) is 27.1 Å². The molecule has 3 nitrogen and oxygen atoms in total. The molecule has 0 radical (unpaired) electrons. The lowest BCUT2D eigenvalue weighted by Gasteiger charge is -2.03. The summed E-state index contributed by atoms with van der Waals surface area (Å²) in [6, 6.07) is 0. The number of aromatic nitrogens is 2. The number of imidazole rings is 1. The van der Waals surface area contributed by atoms with Gasteiger partial charge in [-0.1, -0.05) is 0 Å². The Labute approximate surface area is 73.4 Å². The zero-order valence-corrected chi connectivity index (χ0v) is 8.00. The maximum atomic E-state index is 4.98. The smallest absolute Gasteiger partial charge is 0.0951 e. The van der Waals surface area contributed by atoms with Crippen LogP contribution in [0.15, 0.2) is 6.33 Å². The van der Waals surface area contributed by atoms with Crippen molar-refractivity contribution in [2.75, 3.05) is 13.7 Å². The van der Waals surface area contributed by atoms with E-state index in [2.05, 4.69) is 16.5 Å². The lowest BCUT2D eigenvalue weighted by Crippen LogP contribution is -2.01. The van der Waals surface area contributed by atoms with Gasteiger partial charge in [0.05, 0.1) is 12.0 Å². The summed E-state index contributed by atoms with van der Waals surface area (Å²) in [5, 5.41) is 0. The van der Waals surface area contributed by atoms with Crippen molar-refractivity contribution in [2.24, 2.45) is 0 Å². The molecule has 3 heteroatoms. The predicted octanol–water partition coefficient (Wildman–Crippen LogP) is 1.54. The molecular formula is C9H16N2O. The summed E-state index contributed by atoms with van der Waals surface area (Å²) in [4.78, 5) is 4.22. The molecule has 0 N–H and O–H groups in total. The molecule has 0 unspecified atom stereocenters. The average Bonchev–Trinajstić information content (AvgIpc) is 2.36. The molecule has 68 valence electrons. The van der Waals surface area contributed by atoms with E-state index >= 15 is 0 Å².